The van der Waals surface area contributed by atoms with Crippen LogP contribution in [0.3, 0.4) is 0 Å². The summed E-state index contributed by atoms with van der Waals surface area (Å²) in [6.07, 6.45) is 4.69. The van der Waals surface area contributed by atoms with Gasteiger partial charge in [-0.05, 0) is 24.3 Å². The highest BCUT2D eigenvalue weighted by atomic mass is 16.5. The Morgan fingerprint density at radius 3 is 2.82 bits per heavy atom. The van der Waals surface area contributed by atoms with Gasteiger partial charge in [-0.15, -0.1) is 0 Å². The first-order valence-electron chi connectivity index (χ1n) is 7.09. The Kier molecular flexibility index (Phi) is 4.29. The fourth-order valence-corrected chi connectivity index (χ4v) is 2.41. The monoisotopic (exact) mass is 299 g/mol. The second-order valence-corrected chi connectivity index (χ2v) is 4.97. The van der Waals surface area contributed by atoms with E-state index in [0.29, 0.717) is 25.3 Å². The summed E-state index contributed by atoms with van der Waals surface area (Å²) in [6.45, 7) is 1.54. The zero-order valence-corrected chi connectivity index (χ0v) is 12.3. The molecule has 0 radical (unpaired) electrons. The van der Waals surface area contributed by atoms with Gasteiger partial charge < -0.3 is 14.4 Å². The lowest BCUT2D eigenvalue weighted by atomic mass is 10.1. The van der Waals surface area contributed by atoms with Gasteiger partial charge in [0.25, 0.3) is 5.91 Å². The van der Waals surface area contributed by atoms with Crippen molar-refractivity contribution in [3.05, 3.63) is 54.1 Å². The molecule has 0 unspecified atom stereocenters. The van der Waals surface area contributed by atoms with Gasteiger partial charge in [-0.25, -0.2) is 0 Å². The van der Waals surface area contributed by atoms with E-state index in [2.05, 4.69) is 9.97 Å². The molecular formula is C16H17N3O3. The number of amides is 1. The summed E-state index contributed by atoms with van der Waals surface area (Å²) in [4.78, 5) is 22.6. The van der Waals surface area contributed by atoms with E-state index in [0.717, 1.165) is 11.4 Å². The van der Waals surface area contributed by atoms with Crippen LogP contribution in [-0.2, 0) is 4.74 Å². The molecule has 22 heavy (non-hydrogen) atoms. The van der Waals surface area contributed by atoms with Gasteiger partial charge in [0.2, 0.25) is 0 Å². The lowest BCUT2D eigenvalue weighted by Crippen LogP contribution is -2.42. The molecule has 2 heterocycles. The Bertz CT molecular complexity index is 631. The van der Waals surface area contributed by atoms with Gasteiger partial charge in [-0.3, -0.25) is 14.8 Å². The molecule has 1 aromatic heterocycles. The van der Waals surface area contributed by atoms with Crippen molar-refractivity contribution in [2.24, 2.45) is 0 Å². The molecule has 0 spiro atoms. The van der Waals surface area contributed by atoms with Crippen LogP contribution in [0.5, 0.6) is 5.75 Å². The molecule has 1 saturated heterocycles. The lowest BCUT2D eigenvalue weighted by molar-refractivity contribution is -0.0249. The summed E-state index contributed by atoms with van der Waals surface area (Å²) in [7, 11) is 1.60. The fraction of sp³-hybridized carbons (Fsp3) is 0.312. The highest BCUT2D eigenvalue weighted by molar-refractivity contribution is 5.94. The van der Waals surface area contributed by atoms with E-state index in [1.54, 1.807) is 54.9 Å². The smallest absolute Gasteiger partial charge is 0.254 e. The summed E-state index contributed by atoms with van der Waals surface area (Å²) in [5.74, 6) is 0.718. The van der Waals surface area contributed by atoms with Crippen molar-refractivity contribution in [3.8, 4) is 5.75 Å². The summed E-state index contributed by atoms with van der Waals surface area (Å²) >= 11 is 0. The Morgan fingerprint density at radius 1 is 1.32 bits per heavy atom. The Hall–Kier alpha value is -2.47. The van der Waals surface area contributed by atoms with Gasteiger partial charge in [0.1, 0.15) is 11.9 Å². The second-order valence-electron chi connectivity index (χ2n) is 4.97. The van der Waals surface area contributed by atoms with Gasteiger partial charge in [-0.1, -0.05) is 0 Å². The van der Waals surface area contributed by atoms with E-state index in [1.807, 2.05) is 0 Å². The van der Waals surface area contributed by atoms with Gasteiger partial charge in [-0.2, -0.15) is 0 Å². The number of hydrogen-bond acceptors (Lipinski definition) is 5. The summed E-state index contributed by atoms with van der Waals surface area (Å²) in [5.41, 5.74) is 1.38. The lowest BCUT2D eigenvalue weighted by Gasteiger charge is -2.32. The van der Waals surface area contributed by atoms with Crippen LogP contribution < -0.4 is 4.74 Å². The molecule has 1 amide bonds. The number of benzene rings is 1. The molecule has 6 nitrogen and oxygen atoms in total. The van der Waals surface area contributed by atoms with Gasteiger partial charge in [0, 0.05) is 24.5 Å². The Morgan fingerprint density at radius 2 is 2.14 bits per heavy atom. The predicted molar refractivity (Wildman–Crippen MR) is 79.6 cm³/mol. The highest BCUT2D eigenvalue weighted by Gasteiger charge is 2.27. The standard InChI is InChI=1S/C16H17N3O3/c1-21-13-4-2-12(3-5-13)16(20)19-8-9-22-15(11-19)14-10-17-6-7-18-14/h2-7,10,15H,8-9,11H2,1H3/t15-/m0/s1. The molecule has 0 saturated carbocycles. The van der Waals surface area contributed by atoms with Crippen molar-refractivity contribution in [3.63, 3.8) is 0 Å². The fourth-order valence-electron chi connectivity index (χ4n) is 2.41. The molecular weight excluding hydrogens is 282 g/mol. The first-order valence-corrected chi connectivity index (χ1v) is 7.09. The summed E-state index contributed by atoms with van der Waals surface area (Å²) in [6, 6.07) is 7.11. The van der Waals surface area contributed by atoms with Crippen molar-refractivity contribution in [1.82, 2.24) is 14.9 Å². The van der Waals surface area contributed by atoms with Crippen molar-refractivity contribution in [2.45, 2.75) is 6.10 Å². The first kappa shape index (κ1) is 14.5. The molecule has 0 N–H and O–H groups in total. The number of hydrogen-bond donors (Lipinski definition) is 0. The van der Waals surface area contributed by atoms with Crippen LogP contribution >= 0.6 is 0 Å². The largest absolute Gasteiger partial charge is 0.497 e. The quantitative estimate of drug-likeness (QED) is 0.863. The summed E-state index contributed by atoms with van der Waals surface area (Å²) in [5, 5.41) is 0. The van der Waals surface area contributed by atoms with E-state index in [1.165, 1.54) is 0 Å². The predicted octanol–water partition coefficient (Wildman–Crippen LogP) is 1.70. The maximum atomic E-state index is 12.6. The normalized spacial score (nSPS) is 18.0. The van der Waals surface area contributed by atoms with E-state index in [-0.39, 0.29) is 12.0 Å². The molecule has 0 aliphatic carbocycles. The number of morpholine rings is 1. The number of carbonyl (C=O) groups is 1. The SMILES string of the molecule is COc1ccc(C(=O)N2CCO[C@H](c3cnccn3)C2)cc1. The van der Waals surface area contributed by atoms with E-state index >= 15 is 0 Å². The average Bonchev–Trinajstić information content (AvgIpc) is 2.62. The van der Waals surface area contributed by atoms with Crippen LogP contribution in [0.2, 0.25) is 0 Å². The van der Waals surface area contributed by atoms with Crippen LogP contribution in [0.15, 0.2) is 42.9 Å². The van der Waals surface area contributed by atoms with Crippen LogP contribution in [0, 0.1) is 0 Å². The maximum absolute atomic E-state index is 12.6. The second kappa shape index (κ2) is 6.53. The van der Waals surface area contributed by atoms with E-state index in [4.69, 9.17) is 9.47 Å². The number of ether oxygens (including phenoxy) is 2. The van der Waals surface area contributed by atoms with E-state index in [9.17, 15) is 4.79 Å². The Balaban J connectivity index is 1.72. The molecule has 1 fully saturated rings. The zero-order valence-electron chi connectivity index (χ0n) is 12.3. The maximum Gasteiger partial charge on any atom is 0.254 e. The molecule has 1 aliphatic heterocycles. The highest BCUT2D eigenvalue weighted by Crippen LogP contribution is 2.21. The first-order chi connectivity index (χ1) is 10.8. The number of carbonyl (C=O) groups excluding carboxylic acids is 1. The molecule has 1 aliphatic rings. The van der Waals surface area contributed by atoms with Gasteiger partial charge in [0.05, 0.1) is 32.2 Å². The number of nitrogens with zero attached hydrogens (tertiary/aromatic N) is 3. The summed E-state index contributed by atoms with van der Waals surface area (Å²) < 4.78 is 10.8. The number of rotatable bonds is 3. The third-order valence-corrected chi connectivity index (χ3v) is 3.60. The zero-order chi connectivity index (χ0) is 15.4. The van der Waals surface area contributed by atoms with Crippen LogP contribution in [0.25, 0.3) is 0 Å². The Labute approximate surface area is 128 Å². The number of aromatic nitrogens is 2. The third kappa shape index (κ3) is 3.07. The van der Waals surface area contributed by atoms with Crippen molar-refractivity contribution < 1.29 is 14.3 Å². The average molecular weight is 299 g/mol. The molecule has 114 valence electrons. The van der Waals surface area contributed by atoms with Gasteiger partial charge >= 0.3 is 0 Å². The molecule has 0 bridgehead atoms. The molecule has 6 heteroatoms. The van der Waals surface area contributed by atoms with Crippen molar-refractivity contribution >= 4 is 5.91 Å². The molecule has 3 rings (SSSR count). The number of methoxy groups -OCH3 is 1. The molecule has 1 atom stereocenters. The molecule has 2 aromatic rings. The van der Waals surface area contributed by atoms with Crippen LogP contribution in [0.4, 0.5) is 0 Å². The molecule has 1 aromatic carbocycles. The van der Waals surface area contributed by atoms with E-state index < -0.39 is 0 Å². The minimum atomic E-state index is -0.232. The third-order valence-electron chi connectivity index (χ3n) is 3.60. The van der Waals surface area contributed by atoms with Crippen LogP contribution in [-0.4, -0.2) is 47.6 Å². The van der Waals surface area contributed by atoms with Crippen molar-refractivity contribution in [1.29, 1.82) is 0 Å². The van der Waals surface area contributed by atoms with Crippen molar-refractivity contribution in [2.75, 3.05) is 26.8 Å². The van der Waals surface area contributed by atoms with Gasteiger partial charge in [0.15, 0.2) is 0 Å². The minimum absolute atomic E-state index is 0.0140. The topological polar surface area (TPSA) is 64.5 Å². The minimum Gasteiger partial charge on any atom is -0.497 e. The van der Waals surface area contributed by atoms with Crippen LogP contribution in [0.1, 0.15) is 22.2 Å².